The van der Waals surface area contributed by atoms with Crippen LogP contribution >= 0.6 is 0 Å². The Bertz CT molecular complexity index is 892. The van der Waals surface area contributed by atoms with Gasteiger partial charge in [-0.3, -0.25) is 0 Å². The van der Waals surface area contributed by atoms with Crippen molar-refractivity contribution >= 4 is 19.7 Å². The zero-order valence-electron chi connectivity index (χ0n) is 15.2. The van der Waals surface area contributed by atoms with Gasteiger partial charge in [-0.15, -0.1) is 0 Å². The van der Waals surface area contributed by atoms with E-state index in [4.69, 9.17) is 4.74 Å². The summed E-state index contributed by atoms with van der Waals surface area (Å²) in [5.74, 6) is 0. The molecule has 1 saturated heterocycles. The van der Waals surface area contributed by atoms with Crippen molar-refractivity contribution < 1.29 is 21.6 Å². The van der Waals surface area contributed by atoms with Crippen LogP contribution in [0.2, 0.25) is 0 Å². The number of rotatable bonds is 6. The van der Waals surface area contributed by atoms with Gasteiger partial charge in [0.15, 0.2) is 24.3 Å². The number of sulfone groups is 2. The highest BCUT2D eigenvalue weighted by Gasteiger charge is 2.44. The number of hydrogen-bond acceptors (Lipinski definition) is 5. The van der Waals surface area contributed by atoms with Crippen molar-refractivity contribution in [2.75, 3.05) is 13.2 Å². The van der Waals surface area contributed by atoms with Crippen LogP contribution in [0.1, 0.15) is 26.2 Å². The maximum absolute atomic E-state index is 13.4. The first-order chi connectivity index (χ1) is 12.8. The summed E-state index contributed by atoms with van der Waals surface area (Å²) in [6.45, 7) is 2.98. The zero-order chi connectivity index (χ0) is 19.5. The standard InChI is InChI=1S/C20H24O5S2/c1-20(12-14-25-15-13-20)16-19(26(21,22)17-8-4-2-5-9-17)27(23,24)18-10-6-3-7-11-18/h2-11,19H,12-16H2,1H3. The van der Waals surface area contributed by atoms with Gasteiger partial charge in [0.1, 0.15) is 0 Å². The Balaban J connectivity index is 2.09. The Labute approximate surface area is 161 Å². The minimum atomic E-state index is -4.07. The van der Waals surface area contributed by atoms with Crippen LogP contribution in [0.4, 0.5) is 0 Å². The first-order valence-electron chi connectivity index (χ1n) is 8.91. The number of ether oxygens (including phenoxy) is 1. The van der Waals surface area contributed by atoms with E-state index in [-0.39, 0.29) is 16.2 Å². The average Bonchev–Trinajstić information content (AvgIpc) is 2.68. The minimum absolute atomic E-state index is 0.0326. The molecule has 27 heavy (non-hydrogen) atoms. The van der Waals surface area contributed by atoms with Crippen molar-refractivity contribution in [2.45, 2.75) is 40.6 Å². The molecule has 0 amide bonds. The summed E-state index contributed by atoms with van der Waals surface area (Å²) in [5.41, 5.74) is -0.410. The molecule has 0 aliphatic carbocycles. The Morgan fingerprint density at radius 3 is 1.63 bits per heavy atom. The molecule has 0 atom stereocenters. The summed E-state index contributed by atoms with van der Waals surface area (Å²) >= 11 is 0. The van der Waals surface area contributed by atoms with E-state index in [1.165, 1.54) is 24.3 Å². The molecule has 1 aliphatic rings. The lowest BCUT2D eigenvalue weighted by atomic mass is 9.80. The van der Waals surface area contributed by atoms with Gasteiger partial charge in [0.2, 0.25) is 0 Å². The lowest BCUT2D eigenvalue weighted by Crippen LogP contribution is -2.38. The first-order valence-corrected chi connectivity index (χ1v) is 12.0. The maximum Gasteiger partial charge on any atom is 0.195 e. The van der Waals surface area contributed by atoms with Crippen LogP contribution in [0, 0.1) is 5.41 Å². The second-order valence-corrected chi connectivity index (χ2v) is 11.8. The van der Waals surface area contributed by atoms with Gasteiger partial charge in [0.05, 0.1) is 9.79 Å². The predicted octanol–water partition coefficient (Wildman–Crippen LogP) is 3.47. The van der Waals surface area contributed by atoms with Crippen LogP contribution in [0.3, 0.4) is 0 Å². The van der Waals surface area contributed by atoms with Crippen LogP contribution in [0.15, 0.2) is 70.5 Å². The molecular weight excluding hydrogens is 384 g/mol. The summed E-state index contributed by atoms with van der Waals surface area (Å²) in [6, 6.07) is 15.7. The molecule has 1 heterocycles. The van der Waals surface area contributed by atoms with Gasteiger partial charge in [-0.25, -0.2) is 16.8 Å². The van der Waals surface area contributed by atoms with Crippen molar-refractivity contribution in [3.05, 3.63) is 60.7 Å². The smallest absolute Gasteiger partial charge is 0.195 e. The molecule has 0 spiro atoms. The maximum atomic E-state index is 13.4. The Kier molecular flexibility index (Phi) is 5.74. The highest BCUT2D eigenvalue weighted by Crippen LogP contribution is 2.40. The molecular formula is C20H24O5S2. The molecule has 2 aromatic carbocycles. The summed E-state index contributed by atoms with van der Waals surface area (Å²) in [6.07, 6.45) is 1.32. The quantitative estimate of drug-likeness (QED) is 0.731. The van der Waals surface area contributed by atoms with Gasteiger partial charge in [-0.05, 0) is 48.9 Å². The van der Waals surface area contributed by atoms with E-state index in [1.807, 2.05) is 6.92 Å². The third-order valence-corrected chi connectivity index (χ3v) is 10.3. The van der Waals surface area contributed by atoms with Crippen LogP contribution in [-0.2, 0) is 24.4 Å². The molecule has 0 bridgehead atoms. The van der Waals surface area contributed by atoms with Crippen LogP contribution in [0.5, 0.6) is 0 Å². The number of benzene rings is 2. The topological polar surface area (TPSA) is 77.5 Å². The Hall–Kier alpha value is -1.70. The summed E-state index contributed by atoms with van der Waals surface area (Å²) < 4.78 is 57.3. The summed E-state index contributed by atoms with van der Waals surface area (Å²) in [4.78, 5) is 0.0651. The number of hydrogen-bond donors (Lipinski definition) is 0. The second-order valence-electron chi connectivity index (χ2n) is 7.27. The second kappa shape index (κ2) is 7.73. The van der Waals surface area contributed by atoms with Crippen LogP contribution < -0.4 is 0 Å². The van der Waals surface area contributed by atoms with Crippen LogP contribution in [-0.4, -0.2) is 34.6 Å². The van der Waals surface area contributed by atoms with Gasteiger partial charge >= 0.3 is 0 Å². The molecule has 5 nitrogen and oxygen atoms in total. The third-order valence-electron chi connectivity index (χ3n) is 5.20. The fourth-order valence-electron chi connectivity index (χ4n) is 3.38. The van der Waals surface area contributed by atoms with Gasteiger partial charge in [-0.2, -0.15) is 0 Å². The van der Waals surface area contributed by atoms with E-state index < -0.39 is 29.7 Å². The Morgan fingerprint density at radius 1 is 0.815 bits per heavy atom. The van der Waals surface area contributed by atoms with E-state index in [9.17, 15) is 16.8 Å². The van der Waals surface area contributed by atoms with Crippen molar-refractivity contribution in [1.29, 1.82) is 0 Å². The fourth-order valence-corrected chi connectivity index (χ4v) is 8.31. The van der Waals surface area contributed by atoms with E-state index >= 15 is 0 Å². The summed E-state index contributed by atoms with van der Waals surface area (Å²) in [7, 11) is -8.15. The molecule has 0 N–H and O–H groups in total. The largest absolute Gasteiger partial charge is 0.381 e. The van der Waals surface area contributed by atoms with Crippen molar-refractivity contribution in [3.8, 4) is 0 Å². The monoisotopic (exact) mass is 408 g/mol. The predicted molar refractivity (Wildman–Crippen MR) is 104 cm³/mol. The minimum Gasteiger partial charge on any atom is -0.381 e. The van der Waals surface area contributed by atoms with Gasteiger partial charge in [0.25, 0.3) is 0 Å². The fraction of sp³-hybridized carbons (Fsp3) is 0.400. The van der Waals surface area contributed by atoms with Gasteiger partial charge in [0, 0.05) is 13.2 Å². The van der Waals surface area contributed by atoms with Gasteiger partial charge in [-0.1, -0.05) is 43.3 Å². The van der Waals surface area contributed by atoms with Crippen LogP contribution in [0.25, 0.3) is 0 Å². The highest BCUT2D eigenvalue weighted by atomic mass is 32.3. The van der Waals surface area contributed by atoms with Crippen molar-refractivity contribution in [2.24, 2.45) is 5.41 Å². The molecule has 0 saturated carbocycles. The molecule has 146 valence electrons. The van der Waals surface area contributed by atoms with E-state index in [2.05, 4.69) is 0 Å². The highest BCUT2D eigenvalue weighted by molar-refractivity contribution is 8.09. The lowest BCUT2D eigenvalue weighted by Gasteiger charge is -2.36. The normalized spacial score (nSPS) is 17.7. The van der Waals surface area contributed by atoms with Crippen molar-refractivity contribution in [3.63, 3.8) is 0 Å². The molecule has 0 radical (unpaired) electrons. The zero-order valence-corrected chi connectivity index (χ0v) is 16.9. The third kappa shape index (κ3) is 4.25. The first kappa shape index (κ1) is 20.0. The molecule has 0 aromatic heterocycles. The van der Waals surface area contributed by atoms with Crippen molar-refractivity contribution in [1.82, 2.24) is 0 Å². The molecule has 7 heteroatoms. The van der Waals surface area contributed by atoms with E-state index in [0.717, 1.165) is 0 Å². The van der Waals surface area contributed by atoms with Gasteiger partial charge < -0.3 is 4.74 Å². The molecule has 2 aromatic rings. The Morgan fingerprint density at radius 2 is 1.22 bits per heavy atom. The SMILES string of the molecule is CC1(CC(S(=O)(=O)c2ccccc2)S(=O)(=O)c2ccccc2)CCOCC1. The molecule has 3 rings (SSSR count). The van der Waals surface area contributed by atoms with E-state index in [0.29, 0.717) is 26.1 Å². The average molecular weight is 409 g/mol. The lowest BCUT2D eigenvalue weighted by molar-refractivity contribution is 0.0213. The van der Waals surface area contributed by atoms with E-state index in [1.54, 1.807) is 36.4 Å². The molecule has 1 fully saturated rings. The molecule has 1 aliphatic heterocycles. The summed E-state index contributed by atoms with van der Waals surface area (Å²) in [5, 5.41) is 0. The molecule has 0 unspecified atom stereocenters.